The number of piperidine rings is 1. The maximum atomic E-state index is 13.4. The number of benzene rings is 1. The quantitative estimate of drug-likeness (QED) is 0.475. The Bertz CT molecular complexity index is 1330. The fraction of sp³-hybridized carbons (Fsp3) is 0.481. The van der Waals surface area contributed by atoms with Gasteiger partial charge >= 0.3 is 6.36 Å². The van der Waals surface area contributed by atoms with E-state index >= 15 is 0 Å². The number of nitrogens with one attached hydrogen (secondary N) is 1. The molecule has 2 amide bonds. The molecular formula is C27H32F3N7O3. The number of piperazine rings is 1. The highest BCUT2D eigenvalue weighted by Crippen LogP contribution is 2.31. The number of imidazole rings is 1. The van der Waals surface area contributed by atoms with Gasteiger partial charge in [-0.05, 0) is 50.5 Å². The Hall–Kier alpha value is -3.87. The maximum Gasteiger partial charge on any atom is 0.573 e. The second-order valence-electron chi connectivity index (χ2n) is 10.1. The molecule has 1 N–H and O–H groups in total. The molecule has 10 nitrogen and oxygen atoms in total. The van der Waals surface area contributed by atoms with Gasteiger partial charge in [0.15, 0.2) is 5.65 Å². The number of carbonyl (C=O) groups is 2. The van der Waals surface area contributed by atoms with Crippen molar-refractivity contribution in [1.29, 1.82) is 0 Å². The molecule has 0 saturated carbocycles. The van der Waals surface area contributed by atoms with E-state index in [1.165, 1.54) is 30.7 Å². The lowest BCUT2D eigenvalue weighted by Crippen LogP contribution is -2.54. The first kappa shape index (κ1) is 27.7. The number of ether oxygens (including phenoxy) is 1. The molecule has 0 radical (unpaired) electrons. The first-order valence-corrected chi connectivity index (χ1v) is 13.4. The summed E-state index contributed by atoms with van der Waals surface area (Å²) in [5.41, 5.74) is 1.53. The van der Waals surface area contributed by atoms with Crippen molar-refractivity contribution < 1.29 is 27.5 Å². The van der Waals surface area contributed by atoms with Crippen LogP contribution in [0.3, 0.4) is 0 Å². The summed E-state index contributed by atoms with van der Waals surface area (Å²) < 4.78 is 43.5. The third-order valence-electron chi connectivity index (χ3n) is 7.27. The zero-order chi connectivity index (χ0) is 28.3. The van der Waals surface area contributed by atoms with E-state index in [0.29, 0.717) is 55.4 Å². The summed E-state index contributed by atoms with van der Waals surface area (Å²) in [7, 11) is 0. The predicted molar refractivity (Wildman–Crippen MR) is 142 cm³/mol. The third-order valence-corrected chi connectivity index (χ3v) is 7.27. The Labute approximate surface area is 229 Å². The highest BCUT2D eigenvalue weighted by molar-refractivity contribution is 5.86. The molecule has 0 spiro atoms. The summed E-state index contributed by atoms with van der Waals surface area (Å²) in [6, 6.07) is 4.80. The number of hydrogen-bond donors (Lipinski definition) is 1. The number of carbonyl (C=O) groups excluding carboxylic acids is 2. The van der Waals surface area contributed by atoms with Gasteiger partial charge in [0.05, 0.1) is 12.7 Å². The average molecular weight is 560 g/mol. The number of alkyl halides is 3. The lowest BCUT2D eigenvalue weighted by Gasteiger charge is -2.37. The monoisotopic (exact) mass is 559 g/mol. The summed E-state index contributed by atoms with van der Waals surface area (Å²) in [4.78, 5) is 40.5. The number of likely N-dealkylation sites (tertiary alicyclic amines) is 1. The van der Waals surface area contributed by atoms with Crippen LogP contribution in [0.1, 0.15) is 26.2 Å². The van der Waals surface area contributed by atoms with Crippen LogP contribution in [0.15, 0.2) is 42.9 Å². The average Bonchev–Trinajstić information content (AvgIpc) is 3.31. The topological polar surface area (TPSA) is 95.3 Å². The normalized spacial score (nSPS) is 17.6. The zero-order valence-electron chi connectivity index (χ0n) is 22.2. The lowest BCUT2D eigenvalue weighted by atomic mass is 10.1. The van der Waals surface area contributed by atoms with Crippen molar-refractivity contribution in [1.82, 2.24) is 29.1 Å². The first-order chi connectivity index (χ1) is 19.2. The van der Waals surface area contributed by atoms with E-state index in [9.17, 15) is 22.8 Å². The van der Waals surface area contributed by atoms with Gasteiger partial charge in [0.2, 0.25) is 11.8 Å². The number of halogens is 3. The molecule has 5 rings (SSSR count). The summed E-state index contributed by atoms with van der Waals surface area (Å²) in [5.74, 6) is 0.248. The molecule has 2 aliphatic heterocycles. The molecule has 4 heterocycles. The van der Waals surface area contributed by atoms with Gasteiger partial charge < -0.3 is 19.9 Å². The number of aromatic nitrogens is 3. The second-order valence-corrected chi connectivity index (χ2v) is 10.1. The van der Waals surface area contributed by atoms with Gasteiger partial charge in [0.1, 0.15) is 23.3 Å². The first-order valence-electron chi connectivity index (χ1n) is 13.4. The summed E-state index contributed by atoms with van der Waals surface area (Å²) in [6.07, 6.45) is 3.35. The molecule has 2 aromatic heterocycles. The molecule has 13 heteroatoms. The number of rotatable bonds is 7. The minimum absolute atomic E-state index is 0.0918. The van der Waals surface area contributed by atoms with Crippen molar-refractivity contribution in [2.24, 2.45) is 0 Å². The number of nitrogens with zero attached hydrogens (tertiary/aromatic N) is 6. The molecule has 0 bridgehead atoms. The summed E-state index contributed by atoms with van der Waals surface area (Å²) >= 11 is 0. The predicted octanol–water partition coefficient (Wildman–Crippen LogP) is 3.25. The largest absolute Gasteiger partial charge is 0.573 e. The van der Waals surface area contributed by atoms with Crippen LogP contribution in [-0.2, 0) is 9.59 Å². The number of hydrogen-bond acceptors (Lipinski definition) is 7. The van der Waals surface area contributed by atoms with E-state index in [-0.39, 0.29) is 17.6 Å². The fourth-order valence-electron chi connectivity index (χ4n) is 5.16. The summed E-state index contributed by atoms with van der Waals surface area (Å²) in [5, 5.41) is 3.26. The number of anilines is 1. The van der Waals surface area contributed by atoms with Crippen molar-refractivity contribution in [2.75, 3.05) is 51.1 Å². The van der Waals surface area contributed by atoms with Gasteiger partial charge in [-0.3, -0.25) is 23.9 Å². The van der Waals surface area contributed by atoms with Crippen molar-refractivity contribution in [2.45, 2.75) is 38.6 Å². The highest BCUT2D eigenvalue weighted by atomic mass is 19.4. The molecular weight excluding hydrogens is 527 g/mol. The van der Waals surface area contributed by atoms with Crippen LogP contribution >= 0.6 is 0 Å². The van der Waals surface area contributed by atoms with E-state index in [0.717, 1.165) is 25.9 Å². The molecule has 2 aliphatic rings. The summed E-state index contributed by atoms with van der Waals surface area (Å²) in [6.45, 7) is 6.07. The van der Waals surface area contributed by atoms with Crippen LogP contribution in [0.25, 0.3) is 16.9 Å². The van der Waals surface area contributed by atoms with Crippen LogP contribution in [0.2, 0.25) is 0 Å². The van der Waals surface area contributed by atoms with E-state index < -0.39 is 12.4 Å². The van der Waals surface area contributed by atoms with Crippen LogP contribution in [0, 0.1) is 0 Å². The van der Waals surface area contributed by atoms with Crippen molar-refractivity contribution in [3.63, 3.8) is 0 Å². The minimum atomic E-state index is -4.78. The maximum absolute atomic E-state index is 13.4. The molecule has 0 aliphatic carbocycles. The van der Waals surface area contributed by atoms with Gasteiger partial charge in [-0.15, -0.1) is 13.2 Å². The van der Waals surface area contributed by atoms with Crippen LogP contribution in [-0.4, -0.2) is 99.1 Å². The van der Waals surface area contributed by atoms with Gasteiger partial charge in [-0.2, -0.15) is 0 Å². The Kier molecular flexibility index (Phi) is 8.10. The van der Waals surface area contributed by atoms with E-state index in [1.807, 2.05) is 4.90 Å². The van der Waals surface area contributed by atoms with E-state index in [4.69, 9.17) is 0 Å². The molecule has 3 aromatic rings. The van der Waals surface area contributed by atoms with Crippen molar-refractivity contribution >= 4 is 23.3 Å². The zero-order valence-corrected chi connectivity index (χ0v) is 22.2. The standard InChI is InChI=1S/C27H32F3N7O3/c1-19(26(39)36-15-13-34(14-16-36)18-23(38)35-10-3-2-4-11-35)32-25-24(33-22-17-31-9-12-37(22)25)20-5-7-21(8-6-20)40-27(28,29)30/h5-9,12,17,19,32H,2-4,10-11,13-16,18H2,1H3. The number of fused-ring (bicyclic) bond motifs is 1. The second kappa shape index (κ2) is 11.7. The molecule has 40 heavy (non-hydrogen) atoms. The van der Waals surface area contributed by atoms with E-state index in [1.54, 1.807) is 34.8 Å². The van der Waals surface area contributed by atoms with Gasteiger partial charge in [-0.1, -0.05) is 0 Å². The Morgan fingerprint density at radius 2 is 1.70 bits per heavy atom. The molecule has 2 saturated heterocycles. The molecule has 214 valence electrons. The molecule has 1 aromatic carbocycles. The van der Waals surface area contributed by atoms with Crippen molar-refractivity contribution in [3.05, 3.63) is 42.9 Å². The van der Waals surface area contributed by atoms with Gasteiger partial charge in [0.25, 0.3) is 0 Å². The smallest absolute Gasteiger partial charge is 0.406 e. The Morgan fingerprint density at radius 1 is 1.00 bits per heavy atom. The van der Waals surface area contributed by atoms with Crippen LogP contribution < -0.4 is 10.1 Å². The van der Waals surface area contributed by atoms with Crippen molar-refractivity contribution in [3.8, 4) is 17.0 Å². The van der Waals surface area contributed by atoms with E-state index in [2.05, 4.69) is 24.9 Å². The van der Waals surface area contributed by atoms with Gasteiger partial charge in [-0.25, -0.2) is 4.98 Å². The van der Waals surface area contributed by atoms with Crippen LogP contribution in [0.4, 0.5) is 19.0 Å². The fourth-order valence-corrected chi connectivity index (χ4v) is 5.16. The lowest BCUT2D eigenvalue weighted by molar-refractivity contribution is -0.274. The molecule has 1 atom stereocenters. The third kappa shape index (κ3) is 6.46. The van der Waals surface area contributed by atoms with Gasteiger partial charge in [0, 0.05) is 57.2 Å². The van der Waals surface area contributed by atoms with Crippen LogP contribution in [0.5, 0.6) is 5.75 Å². The Morgan fingerprint density at radius 3 is 2.38 bits per heavy atom. The molecule has 2 fully saturated rings. The Balaban J connectivity index is 1.24. The molecule has 1 unspecified atom stereocenters. The minimum Gasteiger partial charge on any atom is -0.406 e. The SMILES string of the molecule is CC(Nc1c(-c2ccc(OC(F)(F)F)cc2)nc2cnccn12)C(=O)N1CCN(CC(=O)N2CCCCC2)CC1. The highest BCUT2D eigenvalue weighted by Gasteiger charge is 2.31. The number of amides is 2.